The van der Waals surface area contributed by atoms with Gasteiger partial charge < -0.3 is 29.2 Å². The van der Waals surface area contributed by atoms with Crippen LogP contribution < -0.4 is 0 Å². The first-order valence-corrected chi connectivity index (χ1v) is 6.57. The number of aliphatic hydroxyl groups excluding tert-OH is 2. The largest absolute Gasteiger partial charge is 0.385 e. The van der Waals surface area contributed by atoms with Gasteiger partial charge in [0.1, 0.15) is 24.4 Å². The molecule has 1 aromatic carbocycles. The minimum atomic E-state index is -1.29. The number of methoxy groups -OCH3 is 1. The summed E-state index contributed by atoms with van der Waals surface area (Å²) in [4.78, 5) is 0. The van der Waals surface area contributed by atoms with Crippen molar-refractivity contribution in [3.8, 4) is 0 Å². The highest BCUT2D eigenvalue weighted by molar-refractivity contribution is 5.16. The van der Waals surface area contributed by atoms with E-state index >= 15 is 0 Å². The topological polar surface area (TPSA) is 77.4 Å². The lowest BCUT2D eigenvalue weighted by Gasteiger charge is -2.46. The second kappa shape index (κ2) is 5.77. The van der Waals surface area contributed by atoms with Gasteiger partial charge in [0.15, 0.2) is 12.6 Å². The molecule has 110 valence electrons. The van der Waals surface area contributed by atoms with Crippen LogP contribution in [0.2, 0.25) is 0 Å². The molecule has 0 amide bonds. The van der Waals surface area contributed by atoms with Crippen LogP contribution in [0.5, 0.6) is 0 Å². The number of hydrogen-bond donors (Lipinski definition) is 2. The van der Waals surface area contributed by atoms with Crippen molar-refractivity contribution in [1.29, 1.82) is 0 Å². The second-order valence-electron chi connectivity index (χ2n) is 4.93. The summed E-state index contributed by atoms with van der Waals surface area (Å²) in [6, 6.07) is 9.52. The van der Waals surface area contributed by atoms with E-state index in [-0.39, 0.29) is 6.61 Å². The Morgan fingerprint density at radius 1 is 1.15 bits per heavy atom. The average Bonchev–Trinajstić information content (AvgIpc) is 2.49. The molecule has 2 fully saturated rings. The molecular formula is C14H18O6. The van der Waals surface area contributed by atoms with Gasteiger partial charge in [0, 0.05) is 12.7 Å². The molecule has 0 aliphatic carbocycles. The molecule has 2 N–H and O–H groups in total. The molecule has 0 radical (unpaired) electrons. The smallest absolute Gasteiger partial charge is 0.184 e. The van der Waals surface area contributed by atoms with E-state index in [0.717, 1.165) is 5.56 Å². The Morgan fingerprint density at radius 2 is 1.90 bits per heavy atom. The van der Waals surface area contributed by atoms with Crippen LogP contribution in [0.3, 0.4) is 0 Å². The zero-order chi connectivity index (χ0) is 14.1. The fourth-order valence-corrected chi connectivity index (χ4v) is 2.63. The molecule has 0 spiro atoms. The monoisotopic (exact) mass is 282 g/mol. The van der Waals surface area contributed by atoms with Gasteiger partial charge in [-0.3, -0.25) is 0 Å². The molecule has 2 aliphatic rings. The lowest BCUT2D eigenvalue weighted by Crippen LogP contribution is -2.62. The van der Waals surface area contributed by atoms with Crippen molar-refractivity contribution in [1.82, 2.24) is 0 Å². The summed E-state index contributed by atoms with van der Waals surface area (Å²) in [5.74, 6) is 0. The van der Waals surface area contributed by atoms with E-state index < -0.39 is 37.0 Å². The van der Waals surface area contributed by atoms with Crippen molar-refractivity contribution in [3.05, 3.63) is 35.9 Å². The number of hydrogen-bond acceptors (Lipinski definition) is 6. The van der Waals surface area contributed by atoms with Crippen LogP contribution in [0, 0.1) is 0 Å². The minimum Gasteiger partial charge on any atom is -0.385 e. The van der Waals surface area contributed by atoms with E-state index in [1.807, 2.05) is 30.3 Å². The van der Waals surface area contributed by atoms with E-state index in [1.54, 1.807) is 0 Å². The average molecular weight is 282 g/mol. The first-order valence-electron chi connectivity index (χ1n) is 6.57. The molecule has 6 heteroatoms. The van der Waals surface area contributed by atoms with Crippen LogP contribution in [0.25, 0.3) is 0 Å². The Hall–Kier alpha value is -1.02. The Labute approximate surface area is 116 Å². The summed E-state index contributed by atoms with van der Waals surface area (Å²) >= 11 is 0. The Morgan fingerprint density at radius 3 is 2.60 bits per heavy atom. The van der Waals surface area contributed by atoms with Gasteiger partial charge in [-0.25, -0.2) is 0 Å². The highest BCUT2D eigenvalue weighted by Gasteiger charge is 2.49. The molecule has 2 heterocycles. The summed E-state index contributed by atoms with van der Waals surface area (Å²) < 4.78 is 22.0. The van der Waals surface area contributed by atoms with Gasteiger partial charge in [0.05, 0.1) is 6.61 Å². The Kier molecular flexibility index (Phi) is 4.02. The second-order valence-corrected chi connectivity index (χ2v) is 4.93. The van der Waals surface area contributed by atoms with Gasteiger partial charge in [-0.15, -0.1) is 0 Å². The first kappa shape index (κ1) is 13.9. The summed E-state index contributed by atoms with van der Waals surface area (Å²) in [5, 5.41) is 19.6. The third-order valence-corrected chi connectivity index (χ3v) is 3.67. The maximum atomic E-state index is 9.91. The minimum absolute atomic E-state index is 0.272. The zero-order valence-corrected chi connectivity index (χ0v) is 11.1. The number of aliphatic hydroxyl groups is 2. The van der Waals surface area contributed by atoms with Crippen LogP contribution in [0.1, 0.15) is 11.9 Å². The van der Waals surface area contributed by atoms with Crippen LogP contribution >= 0.6 is 0 Å². The van der Waals surface area contributed by atoms with Gasteiger partial charge >= 0.3 is 0 Å². The normalized spacial score (nSPS) is 41.1. The predicted octanol–water partition coefficient (Wildman–Crippen LogP) is 0.194. The highest BCUT2D eigenvalue weighted by Crippen LogP contribution is 2.34. The quantitative estimate of drug-likeness (QED) is 0.806. The molecular weight excluding hydrogens is 264 g/mol. The van der Waals surface area contributed by atoms with Crippen molar-refractivity contribution in [2.45, 2.75) is 37.0 Å². The van der Waals surface area contributed by atoms with Crippen LogP contribution in [-0.2, 0) is 18.9 Å². The van der Waals surface area contributed by atoms with Crippen molar-refractivity contribution in [2.24, 2.45) is 0 Å². The fraction of sp³-hybridized carbons (Fsp3) is 0.571. The van der Waals surface area contributed by atoms with Gasteiger partial charge in [0.25, 0.3) is 0 Å². The van der Waals surface area contributed by atoms with Gasteiger partial charge in [-0.1, -0.05) is 30.3 Å². The maximum absolute atomic E-state index is 9.91. The molecule has 0 saturated carbocycles. The molecule has 0 aromatic heterocycles. The lowest BCUT2D eigenvalue weighted by molar-refractivity contribution is -0.357. The zero-order valence-electron chi connectivity index (χ0n) is 11.1. The van der Waals surface area contributed by atoms with Crippen LogP contribution in [-0.4, -0.2) is 54.6 Å². The molecule has 6 nitrogen and oxygen atoms in total. The van der Waals surface area contributed by atoms with Gasteiger partial charge in [0.2, 0.25) is 0 Å². The van der Waals surface area contributed by atoms with E-state index in [4.69, 9.17) is 18.9 Å². The Bertz CT molecular complexity index is 439. The number of fused-ring (bicyclic) bond motifs is 1. The van der Waals surface area contributed by atoms with Crippen molar-refractivity contribution < 1.29 is 29.2 Å². The molecule has 2 saturated heterocycles. The van der Waals surface area contributed by atoms with E-state index in [0.29, 0.717) is 0 Å². The molecule has 1 aromatic rings. The number of benzene rings is 1. The fourth-order valence-electron chi connectivity index (χ4n) is 2.63. The third kappa shape index (κ3) is 2.46. The molecule has 20 heavy (non-hydrogen) atoms. The molecule has 3 rings (SSSR count). The van der Waals surface area contributed by atoms with E-state index in [2.05, 4.69) is 0 Å². The summed E-state index contributed by atoms with van der Waals surface area (Å²) in [6.45, 7) is 0.272. The van der Waals surface area contributed by atoms with Gasteiger partial charge in [-0.05, 0) is 0 Å². The van der Waals surface area contributed by atoms with Gasteiger partial charge in [-0.2, -0.15) is 0 Å². The lowest BCUT2D eigenvalue weighted by atomic mass is 9.98. The van der Waals surface area contributed by atoms with E-state index in [9.17, 15) is 10.2 Å². The molecule has 6 atom stereocenters. The summed E-state index contributed by atoms with van der Waals surface area (Å²) in [6.07, 6.45) is -4.56. The molecule has 2 aliphatic heterocycles. The van der Waals surface area contributed by atoms with Crippen molar-refractivity contribution in [2.75, 3.05) is 13.7 Å². The third-order valence-electron chi connectivity index (χ3n) is 3.67. The predicted molar refractivity (Wildman–Crippen MR) is 67.7 cm³/mol. The SMILES string of the molecule is CO[C@H]1[C@@H]2OC(c3ccccc3)OC[C@H]2OC(O)[C@@H]1O. The van der Waals surface area contributed by atoms with Crippen LogP contribution in [0.15, 0.2) is 30.3 Å². The highest BCUT2D eigenvalue weighted by atomic mass is 16.7. The first-order chi connectivity index (χ1) is 9.70. The van der Waals surface area contributed by atoms with Crippen LogP contribution in [0.4, 0.5) is 0 Å². The van der Waals surface area contributed by atoms with Crippen molar-refractivity contribution in [3.63, 3.8) is 0 Å². The molecule has 0 bridgehead atoms. The molecule has 2 unspecified atom stereocenters. The Balaban J connectivity index is 1.78. The summed E-state index contributed by atoms with van der Waals surface area (Å²) in [7, 11) is 1.47. The van der Waals surface area contributed by atoms with Crippen molar-refractivity contribution >= 4 is 0 Å². The van der Waals surface area contributed by atoms with E-state index in [1.165, 1.54) is 7.11 Å². The number of ether oxygens (including phenoxy) is 4. The number of rotatable bonds is 2. The maximum Gasteiger partial charge on any atom is 0.184 e. The summed E-state index contributed by atoms with van der Waals surface area (Å²) in [5.41, 5.74) is 0.890. The standard InChI is InChI=1S/C14H18O6/c1-17-12-10(15)13(16)19-9-7-18-14(20-11(9)12)8-5-3-2-4-6-8/h2-6,9-16H,7H2,1H3/t9-,10-,11-,12-,13?,14?/m1/s1.